The molecule has 1 aromatic carbocycles. The molecule has 1 aliphatic rings. The molecule has 3 rings (SSSR count). The van der Waals surface area contributed by atoms with Crippen LogP contribution < -0.4 is 5.32 Å². The molecule has 33 heavy (non-hydrogen) atoms. The summed E-state index contributed by atoms with van der Waals surface area (Å²) in [6, 6.07) is 10.1. The number of hydrogen-bond acceptors (Lipinski definition) is 6. The van der Waals surface area contributed by atoms with E-state index in [4.69, 9.17) is 5.26 Å². The number of carbonyl (C=O) groups is 1. The lowest BCUT2D eigenvalue weighted by Gasteiger charge is -2.33. The molecule has 0 aliphatic carbocycles. The average molecular weight is 473 g/mol. The molecule has 1 aromatic heterocycles. The molecule has 7 nitrogen and oxygen atoms in total. The van der Waals surface area contributed by atoms with E-state index in [1.54, 1.807) is 30.3 Å². The monoisotopic (exact) mass is 473 g/mol. The topological polar surface area (TPSA) is 91.1 Å². The van der Waals surface area contributed by atoms with Gasteiger partial charge in [-0.3, -0.25) is 0 Å². The maximum atomic E-state index is 12.6. The highest BCUT2D eigenvalue weighted by molar-refractivity contribution is 5.68. The van der Waals surface area contributed by atoms with E-state index in [1.807, 2.05) is 6.07 Å². The minimum atomic E-state index is -5.76. The summed E-state index contributed by atoms with van der Waals surface area (Å²) in [4.78, 5) is 21.2. The van der Waals surface area contributed by atoms with Crippen molar-refractivity contribution >= 4 is 11.9 Å². The summed E-state index contributed by atoms with van der Waals surface area (Å²) in [5.74, 6) is 0.807. The quantitative estimate of drug-likeness (QED) is 0.657. The SMILES string of the molecule is N#Cc1cccc(-c2nccc(NC3CCN(C(=O)OC(C(F)(F)F)C(F)(F)F)CC3)n2)c1. The van der Waals surface area contributed by atoms with E-state index in [-0.39, 0.29) is 32.0 Å². The summed E-state index contributed by atoms with van der Waals surface area (Å²) in [7, 11) is 0. The van der Waals surface area contributed by atoms with Crippen molar-refractivity contribution in [1.29, 1.82) is 5.26 Å². The predicted molar refractivity (Wildman–Crippen MR) is 103 cm³/mol. The number of alkyl halides is 6. The molecule has 1 aliphatic heterocycles. The van der Waals surface area contributed by atoms with E-state index in [2.05, 4.69) is 20.0 Å². The van der Waals surface area contributed by atoms with Crippen LogP contribution in [0.5, 0.6) is 0 Å². The van der Waals surface area contributed by atoms with Crippen LogP contribution >= 0.6 is 0 Å². The van der Waals surface area contributed by atoms with Crippen molar-refractivity contribution in [3.8, 4) is 17.5 Å². The molecule has 0 radical (unpaired) electrons. The number of aromatic nitrogens is 2. The second kappa shape index (κ2) is 9.51. The third kappa shape index (κ3) is 6.24. The highest BCUT2D eigenvalue weighted by Crippen LogP contribution is 2.36. The first-order valence-electron chi connectivity index (χ1n) is 9.66. The van der Waals surface area contributed by atoms with Gasteiger partial charge in [-0.25, -0.2) is 14.8 Å². The van der Waals surface area contributed by atoms with Crippen LogP contribution in [0.15, 0.2) is 36.5 Å². The zero-order valence-corrected chi connectivity index (χ0v) is 16.8. The van der Waals surface area contributed by atoms with Gasteiger partial charge in [0.2, 0.25) is 0 Å². The van der Waals surface area contributed by atoms with Gasteiger partial charge in [0.1, 0.15) is 5.82 Å². The normalized spacial score (nSPS) is 15.3. The fourth-order valence-electron chi connectivity index (χ4n) is 3.22. The Morgan fingerprint density at radius 1 is 1.15 bits per heavy atom. The number of amides is 1. The number of rotatable bonds is 4. The molecule has 0 unspecified atom stereocenters. The molecule has 176 valence electrons. The van der Waals surface area contributed by atoms with E-state index in [0.717, 1.165) is 4.90 Å². The Hall–Kier alpha value is -3.56. The van der Waals surface area contributed by atoms with Gasteiger partial charge < -0.3 is 15.0 Å². The first kappa shape index (κ1) is 24.1. The zero-order chi connectivity index (χ0) is 24.2. The van der Waals surface area contributed by atoms with Gasteiger partial charge in [0.25, 0.3) is 6.10 Å². The number of carbonyl (C=O) groups excluding carboxylic acids is 1. The average Bonchev–Trinajstić information content (AvgIpc) is 2.76. The van der Waals surface area contributed by atoms with Gasteiger partial charge in [0.05, 0.1) is 11.6 Å². The van der Waals surface area contributed by atoms with Crippen molar-refractivity contribution in [3.05, 3.63) is 42.1 Å². The first-order chi connectivity index (χ1) is 15.5. The Morgan fingerprint density at radius 3 is 2.42 bits per heavy atom. The molecule has 2 heterocycles. The molecule has 1 N–H and O–H groups in total. The van der Waals surface area contributed by atoms with Crippen LogP contribution in [0.2, 0.25) is 0 Å². The molecule has 0 bridgehead atoms. The minimum Gasteiger partial charge on any atom is -0.426 e. The van der Waals surface area contributed by atoms with Gasteiger partial charge in [-0.1, -0.05) is 12.1 Å². The third-order valence-corrected chi connectivity index (χ3v) is 4.82. The van der Waals surface area contributed by atoms with Crippen molar-refractivity contribution in [1.82, 2.24) is 14.9 Å². The number of likely N-dealkylation sites (tertiary alicyclic amines) is 1. The van der Waals surface area contributed by atoms with Crippen molar-refractivity contribution in [3.63, 3.8) is 0 Å². The number of piperidine rings is 1. The van der Waals surface area contributed by atoms with Gasteiger partial charge in [0, 0.05) is 30.9 Å². The largest absolute Gasteiger partial charge is 0.434 e. The summed E-state index contributed by atoms with van der Waals surface area (Å²) in [6.45, 7) is -0.192. The van der Waals surface area contributed by atoms with Crippen molar-refractivity contribution in [2.24, 2.45) is 0 Å². The minimum absolute atomic E-state index is 0.0961. The maximum Gasteiger partial charge on any atom is 0.434 e. The van der Waals surface area contributed by atoms with Crippen LogP contribution in [0.3, 0.4) is 0 Å². The Balaban J connectivity index is 1.58. The molecule has 0 spiro atoms. The lowest BCUT2D eigenvalue weighted by atomic mass is 10.1. The fourth-order valence-corrected chi connectivity index (χ4v) is 3.22. The molecule has 1 fully saturated rings. The van der Waals surface area contributed by atoms with Crippen LogP contribution in [0, 0.1) is 11.3 Å². The van der Waals surface area contributed by atoms with Crippen LogP contribution in [-0.2, 0) is 4.74 Å². The molecule has 1 amide bonds. The van der Waals surface area contributed by atoms with Gasteiger partial charge in [0.15, 0.2) is 5.82 Å². The molecule has 1 saturated heterocycles. The summed E-state index contributed by atoms with van der Waals surface area (Å²) in [6.07, 6.45) is -15.4. The number of ether oxygens (including phenoxy) is 1. The Kier molecular flexibility index (Phi) is 6.95. The van der Waals surface area contributed by atoms with Crippen LogP contribution in [-0.4, -0.2) is 58.5 Å². The number of hydrogen-bond donors (Lipinski definition) is 1. The number of nitrogens with zero attached hydrogens (tertiary/aromatic N) is 4. The number of benzene rings is 1. The van der Waals surface area contributed by atoms with E-state index < -0.39 is 24.5 Å². The number of nitrogens with one attached hydrogen (secondary N) is 1. The van der Waals surface area contributed by atoms with Gasteiger partial charge in [-0.2, -0.15) is 31.6 Å². The molecule has 13 heteroatoms. The molecular weight excluding hydrogens is 456 g/mol. The predicted octanol–water partition coefficient (Wildman–Crippen LogP) is 4.52. The number of halogens is 6. The Morgan fingerprint density at radius 2 is 1.82 bits per heavy atom. The van der Waals surface area contributed by atoms with E-state index in [0.29, 0.717) is 22.8 Å². The van der Waals surface area contributed by atoms with Crippen LogP contribution in [0.25, 0.3) is 11.4 Å². The summed E-state index contributed by atoms with van der Waals surface area (Å²) >= 11 is 0. The lowest BCUT2D eigenvalue weighted by Crippen LogP contribution is -2.50. The number of anilines is 1. The van der Waals surface area contributed by atoms with Crippen molar-refractivity contribution in [2.45, 2.75) is 37.3 Å². The number of nitriles is 1. The van der Waals surface area contributed by atoms with Crippen LogP contribution in [0.4, 0.5) is 37.0 Å². The Bertz CT molecular complexity index is 1010. The van der Waals surface area contributed by atoms with E-state index in [1.165, 1.54) is 6.20 Å². The van der Waals surface area contributed by atoms with Crippen LogP contribution in [0.1, 0.15) is 18.4 Å². The highest BCUT2D eigenvalue weighted by Gasteiger charge is 2.60. The second-order valence-corrected chi connectivity index (χ2v) is 7.21. The zero-order valence-electron chi connectivity index (χ0n) is 16.8. The maximum absolute atomic E-state index is 12.6. The Labute approximate surface area is 184 Å². The second-order valence-electron chi connectivity index (χ2n) is 7.21. The summed E-state index contributed by atoms with van der Waals surface area (Å²) in [5, 5.41) is 12.1. The fraction of sp³-hybridized carbons (Fsp3) is 0.400. The standard InChI is InChI=1S/C20H17F6N5O2/c21-19(22,23)17(20(24,25)26)33-18(32)31-8-5-14(6-9-31)29-15-4-7-28-16(30-15)13-3-1-2-12(10-13)11-27/h1-4,7,10,14,17H,5-6,8-9H2,(H,28,29,30). The van der Waals surface area contributed by atoms with Crippen molar-refractivity contribution < 1.29 is 35.9 Å². The summed E-state index contributed by atoms with van der Waals surface area (Å²) < 4.78 is 79.3. The van der Waals surface area contributed by atoms with Gasteiger partial charge in [-0.15, -0.1) is 0 Å². The van der Waals surface area contributed by atoms with Gasteiger partial charge in [-0.05, 0) is 31.0 Å². The smallest absolute Gasteiger partial charge is 0.426 e. The molecular formula is C20H17F6N5O2. The molecule has 2 aromatic rings. The van der Waals surface area contributed by atoms with E-state index >= 15 is 0 Å². The highest BCUT2D eigenvalue weighted by atomic mass is 19.4. The van der Waals surface area contributed by atoms with E-state index in [9.17, 15) is 31.1 Å². The van der Waals surface area contributed by atoms with Crippen molar-refractivity contribution in [2.75, 3.05) is 18.4 Å². The molecule has 0 atom stereocenters. The lowest BCUT2D eigenvalue weighted by molar-refractivity contribution is -0.308. The van der Waals surface area contributed by atoms with Gasteiger partial charge >= 0.3 is 18.4 Å². The third-order valence-electron chi connectivity index (χ3n) is 4.82. The molecule has 0 saturated carbocycles. The first-order valence-corrected chi connectivity index (χ1v) is 9.66. The summed E-state index contributed by atoms with van der Waals surface area (Å²) in [5.41, 5.74) is 1.06.